The lowest BCUT2D eigenvalue weighted by atomic mass is 9.84. The van der Waals surface area contributed by atoms with E-state index in [1.54, 1.807) is 16.0 Å². The summed E-state index contributed by atoms with van der Waals surface area (Å²) in [7, 11) is 3.73. The Kier molecular flexibility index (Phi) is 7.28. The Morgan fingerprint density at radius 2 is 1.88 bits per heavy atom. The van der Waals surface area contributed by atoms with E-state index >= 15 is 0 Å². The number of carbonyl (C=O) groups is 2. The molecule has 1 aliphatic heterocycles. The molecule has 1 saturated heterocycles. The average molecular weight is 465 g/mol. The predicted molar refractivity (Wildman–Crippen MR) is 131 cm³/mol. The van der Waals surface area contributed by atoms with Crippen molar-refractivity contribution in [2.75, 3.05) is 20.1 Å². The number of likely N-dealkylation sites (N-methyl/N-ethyl adjacent to an activating group) is 1. The fourth-order valence-corrected chi connectivity index (χ4v) is 5.50. The highest BCUT2D eigenvalue weighted by molar-refractivity contribution is 7.08. The van der Waals surface area contributed by atoms with Crippen molar-refractivity contribution in [3.63, 3.8) is 0 Å². The quantitative estimate of drug-likeness (QED) is 0.532. The third-order valence-corrected chi connectivity index (χ3v) is 7.43. The minimum absolute atomic E-state index is 0.00463. The summed E-state index contributed by atoms with van der Waals surface area (Å²) in [5.41, 5.74) is 3.76. The topological polar surface area (TPSA) is 58.4 Å². The van der Waals surface area contributed by atoms with Gasteiger partial charge in [-0.25, -0.2) is 0 Å². The van der Waals surface area contributed by atoms with Crippen LogP contribution in [0.3, 0.4) is 0 Å². The summed E-state index contributed by atoms with van der Waals surface area (Å²) in [4.78, 5) is 30.0. The Morgan fingerprint density at radius 3 is 2.48 bits per heavy atom. The number of likely N-dealkylation sites (tertiary alicyclic amines) is 1. The highest BCUT2D eigenvalue weighted by Gasteiger charge is 2.33. The first-order valence-electron chi connectivity index (χ1n) is 11.5. The van der Waals surface area contributed by atoms with E-state index in [2.05, 4.69) is 17.2 Å². The molecule has 6 nitrogen and oxygen atoms in total. The van der Waals surface area contributed by atoms with E-state index < -0.39 is 0 Å². The highest BCUT2D eigenvalue weighted by atomic mass is 32.1. The molecule has 2 amide bonds. The van der Waals surface area contributed by atoms with Crippen LogP contribution in [-0.4, -0.2) is 57.6 Å². The van der Waals surface area contributed by atoms with Crippen molar-refractivity contribution in [1.82, 2.24) is 19.6 Å². The van der Waals surface area contributed by atoms with E-state index in [1.165, 1.54) is 5.56 Å². The molecule has 7 heteroatoms. The van der Waals surface area contributed by atoms with Crippen LogP contribution in [0.4, 0.5) is 0 Å². The van der Waals surface area contributed by atoms with Crippen molar-refractivity contribution in [3.05, 3.63) is 75.7 Å². The first-order valence-corrected chi connectivity index (χ1v) is 12.5. The number of rotatable bonds is 7. The molecule has 3 aromatic rings. The number of thiophene rings is 1. The molecule has 33 heavy (non-hydrogen) atoms. The number of carbonyl (C=O) groups excluding carboxylic acids is 2. The molecule has 1 unspecified atom stereocenters. The summed E-state index contributed by atoms with van der Waals surface area (Å²) in [6.07, 6.45) is 3.07. The van der Waals surface area contributed by atoms with Crippen molar-refractivity contribution in [3.8, 4) is 0 Å². The fraction of sp³-hybridized carbons (Fsp3) is 0.423. The van der Waals surface area contributed by atoms with Crippen LogP contribution in [0.1, 0.15) is 40.2 Å². The summed E-state index contributed by atoms with van der Waals surface area (Å²) in [5, 5.41) is 8.41. The first kappa shape index (κ1) is 23.2. The van der Waals surface area contributed by atoms with Gasteiger partial charge in [0.25, 0.3) is 5.91 Å². The van der Waals surface area contributed by atoms with Crippen molar-refractivity contribution >= 4 is 23.2 Å². The Morgan fingerprint density at radius 1 is 1.15 bits per heavy atom. The van der Waals surface area contributed by atoms with Crippen molar-refractivity contribution < 1.29 is 9.59 Å². The molecule has 0 saturated carbocycles. The maximum atomic E-state index is 13.4. The molecule has 1 fully saturated rings. The second-order valence-electron chi connectivity index (χ2n) is 8.99. The maximum Gasteiger partial charge on any atom is 0.272 e. The van der Waals surface area contributed by atoms with Crippen LogP contribution in [0.2, 0.25) is 0 Å². The average Bonchev–Trinajstić information content (AvgIpc) is 3.46. The van der Waals surface area contributed by atoms with Gasteiger partial charge in [0.15, 0.2) is 0 Å². The van der Waals surface area contributed by atoms with Gasteiger partial charge in [0.2, 0.25) is 5.91 Å². The monoisotopic (exact) mass is 464 g/mol. The number of piperidine rings is 1. The molecule has 0 N–H and O–H groups in total. The molecular formula is C26H32N4O2S. The number of hydrogen-bond donors (Lipinski definition) is 0. The standard InChI is InChI=1S/C26H32N4O2S/c1-19-15-24(29(3)27-19)26(32)28(2)23(16-20-7-5-4-6-8-20)22-9-12-30(13-10-22)25(31)17-21-11-14-33-18-21/h4-8,11,14-15,18,22-23H,9-10,12-13,16-17H2,1-3H3. The SMILES string of the molecule is Cc1cc(C(=O)N(C)C(Cc2ccccc2)C2CCN(C(=O)Cc3ccsc3)CC2)n(C)n1. The number of hydrogen-bond acceptors (Lipinski definition) is 4. The Hall–Kier alpha value is -2.93. The number of nitrogens with zero attached hydrogens (tertiary/aromatic N) is 4. The molecule has 4 rings (SSSR count). The van der Waals surface area contributed by atoms with E-state index in [-0.39, 0.29) is 17.9 Å². The van der Waals surface area contributed by atoms with Crippen molar-refractivity contribution in [1.29, 1.82) is 0 Å². The summed E-state index contributed by atoms with van der Waals surface area (Å²) < 4.78 is 1.67. The zero-order valence-electron chi connectivity index (χ0n) is 19.6. The van der Waals surface area contributed by atoms with E-state index in [9.17, 15) is 9.59 Å². The van der Waals surface area contributed by atoms with Crippen LogP contribution < -0.4 is 0 Å². The van der Waals surface area contributed by atoms with Crippen molar-refractivity contribution in [2.45, 2.75) is 38.6 Å². The molecule has 0 aliphatic carbocycles. The van der Waals surface area contributed by atoms with Crippen LogP contribution in [0.25, 0.3) is 0 Å². The Bertz CT molecular complexity index is 1070. The summed E-state index contributed by atoms with van der Waals surface area (Å²) >= 11 is 1.63. The minimum Gasteiger partial charge on any atom is -0.342 e. The summed E-state index contributed by atoms with van der Waals surface area (Å²) in [5.74, 6) is 0.523. The van der Waals surface area contributed by atoms with Crippen LogP contribution in [0.15, 0.2) is 53.2 Å². The molecule has 1 aromatic carbocycles. The van der Waals surface area contributed by atoms with Gasteiger partial charge in [-0.05, 0) is 66.1 Å². The molecule has 1 aliphatic rings. The number of aromatic nitrogens is 2. The molecule has 0 bridgehead atoms. The largest absolute Gasteiger partial charge is 0.342 e. The molecule has 174 valence electrons. The lowest BCUT2D eigenvalue weighted by Gasteiger charge is -2.40. The highest BCUT2D eigenvalue weighted by Crippen LogP contribution is 2.28. The van der Waals surface area contributed by atoms with E-state index in [1.807, 2.05) is 71.9 Å². The summed E-state index contributed by atoms with van der Waals surface area (Å²) in [6.45, 7) is 3.39. The third-order valence-electron chi connectivity index (χ3n) is 6.70. The van der Waals surface area contributed by atoms with E-state index in [0.29, 0.717) is 18.0 Å². The molecule has 0 spiro atoms. The second-order valence-corrected chi connectivity index (χ2v) is 9.77. The van der Waals surface area contributed by atoms with E-state index in [0.717, 1.165) is 43.6 Å². The molecule has 2 aromatic heterocycles. The van der Waals surface area contributed by atoms with Gasteiger partial charge < -0.3 is 9.80 Å². The van der Waals surface area contributed by atoms with Gasteiger partial charge in [0.1, 0.15) is 5.69 Å². The zero-order chi connectivity index (χ0) is 23.4. The van der Waals surface area contributed by atoms with Gasteiger partial charge in [-0.1, -0.05) is 30.3 Å². The number of aryl methyl sites for hydroxylation is 2. The lowest BCUT2D eigenvalue weighted by molar-refractivity contribution is -0.132. The number of benzene rings is 1. The van der Waals surface area contributed by atoms with Gasteiger partial charge in [0.05, 0.1) is 12.1 Å². The lowest BCUT2D eigenvalue weighted by Crippen LogP contribution is -2.49. The smallest absolute Gasteiger partial charge is 0.272 e. The van der Waals surface area contributed by atoms with Crippen molar-refractivity contribution in [2.24, 2.45) is 13.0 Å². The van der Waals surface area contributed by atoms with Gasteiger partial charge >= 0.3 is 0 Å². The maximum absolute atomic E-state index is 13.4. The van der Waals surface area contributed by atoms with Gasteiger partial charge in [-0.15, -0.1) is 0 Å². The second kappa shape index (κ2) is 10.3. The van der Waals surface area contributed by atoms with Gasteiger partial charge in [-0.2, -0.15) is 16.4 Å². The minimum atomic E-state index is -0.00463. The van der Waals surface area contributed by atoms with Crippen LogP contribution in [0.5, 0.6) is 0 Å². The first-order chi connectivity index (χ1) is 15.9. The van der Waals surface area contributed by atoms with Crippen LogP contribution in [-0.2, 0) is 24.7 Å². The molecule has 3 heterocycles. The normalized spacial score (nSPS) is 15.4. The Labute approximate surface area is 199 Å². The number of amides is 2. The Balaban J connectivity index is 1.47. The molecule has 0 radical (unpaired) electrons. The van der Waals surface area contributed by atoms with Gasteiger partial charge in [-0.3, -0.25) is 14.3 Å². The van der Waals surface area contributed by atoms with Crippen LogP contribution in [0, 0.1) is 12.8 Å². The molecular weight excluding hydrogens is 432 g/mol. The third kappa shape index (κ3) is 5.53. The summed E-state index contributed by atoms with van der Waals surface area (Å²) in [6, 6.07) is 14.3. The zero-order valence-corrected chi connectivity index (χ0v) is 20.4. The fourth-order valence-electron chi connectivity index (χ4n) is 4.83. The molecule has 1 atom stereocenters. The predicted octanol–water partition coefficient (Wildman–Crippen LogP) is 3.95. The van der Waals surface area contributed by atoms with E-state index in [4.69, 9.17) is 0 Å². The van der Waals surface area contributed by atoms with Gasteiger partial charge in [0, 0.05) is 33.2 Å². The van der Waals surface area contributed by atoms with Crippen LogP contribution >= 0.6 is 11.3 Å².